The van der Waals surface area contributed by atoms with E-state index in [2.05, 4.69) is 15.9 Å². The second-order valence-electron chi connectivity index (χ2n) is 4.89. The minimum absolute atomic E-state index is 0. The Morgan fingerprint density at radius 3 is 2.90 bits per heavy atom. The Kier molecular flexibility index (Phi) is 7.06. The second kappa shape index (κ2) is 8.08. The first-order valence-electron chi connectivity index (χ1n) is 6.55. The number of carbonyl (C=O) groups is 1. The fourth-order valence-corrected chi connectivity index (χ4v) is 2.90. The van der Waals surface area contributed by atoms with Gasteiger partial charge in [0, 0.05) is 30.7 Å². The summed E-state index contributed by atoms with van der Waals surface area (Å²) >= 11 is 3.26. The van der Waals surface area contributed by atoms with Crippen LogP contribution in [-0.4, -0.2) is 43.2 Å². The van der Waals surface area contributed by atoms with Crippen LogP contribution in [0.25, 0.3) is 0 Å². The van der Waals surface area contributed by atoms with Crippen molar-refractivity contribution in [1.29, 1.82) is 0 Å². The molecule has 0 spiro atoms. The summed E-state index contributed by atoms with van der Waals surface area (Å²) in [4.78, 5) is 14.2. The maximum atomic E-state index is 13.8. The molecule has 2 unspecified atom stereocenters. The lowest BCUT2D eigenvalue weighted by atomic mass is 9.98. The maximum absolute atomic E-state index is 13.8. The summed E-state index contributed by atoms with van der Waals surface area (Å²) in [5.74, 6) is -0.823. The van der Waals surface area contributed by atoms with E-state index in [4.69, 9.17) is 10.5 Å². The number of ether oxygens (including phenoxy) is 1. The summed E-state index contributed by atoms with van der Waals surface area (Å²) in [5, 5.41) is 0. The molecular formula is C14H19BrClFN2O2. The molecule has 21 heavy (non-hydrogen) atoms. The Labute approximate surface area is 138 Å². The monoisotopic (exact) mass is 380 g/mol. The summed E-state index contributed by atoms with van der Waals surface area (Å²) < 4.78 is 19.8. The zero-order chi connectivity index (χ0) is 14.7. The number of hydrogen-bond donors (Lipinski definition) is 1. The summed E-state index contributed by atoms with van der Waals surface area (Å²) in [6.45, 7) is 0.881. The average Bonchev–Trinajstić information content (AvgIpc) is 2.48. The van der Waals surface area contributed by atoms with E-state index in [1.54, 1.807) is 18.1 Å². The van der Waals surface area contributed by atoms with Gasteiger partial charge < -0.3 is 15.4 Å². The molecular weight excluding hydrogens is 363 g/mol. The van der Waals surface area contributed by atoms with Gasteiger partial charge in [-0.25, -0.2) is 4.39 Å². The molecule has 2 rings (SSSR count). The molecule has 1 heterocycles. The second-order valence-corrected chi connectivity index (χ2v) is 5.81. The van der Waals surface area contributed by atoms with Crippen molar-refractivity contribution < 1.29 is 13.9 Å². The van der Waals surface area contributed by atoms with Crippen molar-refractivity contribution in [2.45, 2.75) is 25.0 Å². The third kappa shape index (κ3) is 4.16. The lowest BCUT2D eigenvalue weighted by Gasteiger charge is -2.38. The number of likely N-dealkylation sites (tertiary alicyclic amines) is 1. The molecule has 2 atom stereocenters. The van der Waals surface area contributed by atoms with E-state index in [1.165, 1.54) is 12.1 Å². The highest BCUT2D eigenvalue weighted by atomic mass is 79.9. The van der Waals surface area contributed by atoms with E-state index >= 15 is 0 Å². The maximum Gasteiger partial charge on any atom is 0.257 e. The summed E-state index contributed by atoms with van der Waals surface area (Å²) in [7, 11) is 1.66. The van der Waals surface area contributed by atoms with Gasteiger partial charge in [-0.05, 0) is 31.0 Å². The van der Waals surface area contributed by atoms with Gasteiger partial charge >= 0.3 is 0 Å². The van der Waals surface area contributed by atoms with Crippen LogP contribution in [0.4, 0.5) is 4.39 Å². The van der Waals surface area contributed by atoms with E-state index < -0.39 is 5.82 Å². The van der Waals surface area contributed by atoms with Crippen molar-refractivity contribution >= 4 is 34.2 Å². The fourth-order valence-electron chi connectivity index (χ4n) is 2.54. The van der Waals surface area contributed by atoms with E-state index in [9.17, 15) is 9.18 Å². The van der Waals surface area contributed by atoms with Crippen molar-refractivity contribution in [3.05, 3.63) is 34.1 Å². The molecule has 0 aromatic heterocycles. The van der Waals surface area contributed by atoms with Gasteiger partial charge in [0.15, 0.2) is 0 Å². The zero-order valence-electron chi connectivity index (χ0n) is 11.7. The minimum Gasteiger partial charge on any atom is -0.381 e. The largest absolute Gasteiger partial charge is 0.381 e. The molecule has 118 valence electrons. The third-order valence-electron chi connectivity index (χ3n) is 3.69. The third-order valence-corrected chi connectivity index (χ3v) is 4.19. The van der Waals surface area contributed by atoms with Crippen molar-refractivity contribution in [2.75, 3.05) is 20.2 Å². The molecule has 0 saturated carbocycles. The van der Waals surface area contributed by atoms with Crippen molar-refractivity contribution in [2.24, 2.45) is 5.73 Å². The van der Waals surface area contributed by atoms with Crippen LogP contribution < -0.4 is 5.73 Å². The van der Waals surface area contributed by atoms with E-state index in [1.807, 2.05) is 0 Å². The van der Waals surface area contributed by atoms with Crippen molar-refractivity contribution in [3.63, 3.8) is 0 Å². The zero-order valence-corrected chi connectivity index (χ0v) is 14.1. The summed E-state index contributed by atoms with van der Waals surface area (Å²) in [5.41, 5.74) is 5.82. The molecule has 1 aromatic rings. The molecule has 0 radical (unpaired) electrons. The first-order valence-corrected chi connectivity index (χ1v) is 7.35. The molecule has 1 saturated heterocycles. The smallest absolute Gasteiger partial charge is 0.257 e. The molecule has 2 N–H and O–H groups in total. The van der Waals surface area contributed by atoms with E-state index in [0.29, 0.717) is 24.0 Å². The van der Waals surface area contributed by atoms with Gasteiger partial charge in [0.25, 0.3) is 5.91 Å². The molecule has 0 aliphatic carbocycles. The van der Waals surface area contributed by atoms with Gasteiger partial charge in [0.2, 0.25) is 0 Å². The van der Waals surface area contributed by atoms with E-state index in [-0.39, 0.29) is 36.0 Å². The number of piperidine rings is 1. The summed E-state index contributed by atoms with van der Waals surface area (Å²) in [6, 6.07) is 4.26. The SMILES string of the molecule is COC1CCN(C(=O)c2cc(Br)ccc2F)C(CN)C1.Cl. The molecule has 1 aliphatic heterocycles. The number of hydrogen-bond acceptors (Lipinski definition) is 3. The fraction of sp³-hybridized carbons (Fsp3) is 0.500. The van der Waals surface area contributed by atoms with Gasteiger partial charge in [-0.2, -0.15) is 0 Å². The lowest BCUT2D eigenvalue weighted by molar-refractivity contribution is 0.0137. The number of nitrogens with two attached hydrogens (primary N) is 1. The van der Waals surface area contributed by atoms with Gasteiger partial charge in [0.1, 0.15) is 5.82 Å². The number of halogens is 3. The molecule has 1 aromatic carbocycles. The van der Waals surface area contributed by atoms with Crippen molar-refractivity contribution in [1.82, 2.24) is 4.90 Å². The lowest BCUT2D eigenvalue weighted by Crippen LogP contribution is -2.51. The molecule has 1 amide bonds. The quantitative estimate of drug-likeness (QED) is 0.875. The van der Waals surface area contributed by atoms with Gasteiger partial charge in [-0.1, -0.05) is 15.9 Å². The molecule has 7 heteroatoms. The van der Waals surface area contributed by atoms with Crippen LogP contribution in [0, 0.1) is 5.82 Å². The Morgan fingerprint density at radius 1 is 1.57 bits per heavy atom. The van der Waals surface area contributed by atoms with Gasteiger partial charge in [-0.15, -0.1) is 12.4 Å². The van der Waals surface area contributed by atoms with Crippen LogP contribution in [0.1, 0.15) is 23.2 Å². The highest BCUT2D eigenvalue weighted by molar-refractivity contribution is 9.10. The Morgan fingerprint density at radius 2 is 2.29 bits per heavy atom. The van der Waals surface area contributed by atoms with E-state index in [0.717, 1.165) is 6.42 Å². The Bertz CT molecular complexity index is 504. The van der Waals surface area contributed by atoms with Gasteiger partial charge in [-0.3, -0.25) is 4.79 Å². The number of nitrogens with zero attached hydrogens (tertiary/aromatic N) is 1. The molecule has 1 aliphatic rings. The molecule has 1 fully saturated rings. The van der Waals surface area contributed by atoms with Crippen LogP contribution in [0.15, 0.2) is 22.7 Å². The summed E-state index contributed by atoms with van der Waals surface area (Å²) in [6.07, 6.45) is 1.54. The number of amides is 1. The van der Waals surface area contributed by atoms with Gasteiger partial charge in [0.05, 0.1) is 11.7 Å². The van der Waals surface area contributed by atoms with Crippen LogP contribution in [-0.2, 0) is 4.74 Å². The molecule has 0 bridgehead atoms. The predicted molar refractivity (Wildman–Crippen MR) is 85.3 cm³/mol. The number of rotatable bonds is 3. The van der Waals surface area contributed by atoms with Crippen LogP contribution >= 0.6 is 28.3 Å². The highest BCUT2D eigenvalue weighted by Crippen LogP contribution is 2.23. The first kappa shape index (κ1) is 18.4. The van der Waals surface area contributed by atoms with Crippen molar-refractivity contribution in [3.8, 4) is 0 Å². The van der Waals surface area contributed by atoms with Crippen LogP contribution in [0.3, 0.4) is 0 Å². The normalized spacial score (nSPS) is 21.8. The number of methoxy groups -OCH3 is 1. The standard InChI is InChI=1S/C14H18BrFN2O2.ClH/c1-20-11-4-5-18(10(7-11)8-17)14(19)12-6-9(15)2-3-13(12)16;/h2-3,6,10-11H,4-5,7-8,17H2,1H3;1H. The topological polar surface area (TPSA) is 55.6 Å². The van der Waals surface area contributed by atoms with Crippen LogP contribution in [0.2, 0.25) is 0 Å². The highest BCUT2D eigenvalue weighted by Gasteiger charge is 2.32. The number of benzene rings is 1. The predicted octanol–water partition coefficient (Wildman–Crippen LogP) is 2.59. The minimum atomic E-state index is -0.511. The average molecular weight is 382 g/mol. The van der Waals surface area contributed by atoms with Crippen LogP contribution in [0.5, 0.6) is 0 Å². The Balaban J connectivity index is 0.00000220. The Hall–Kier alpha value is -0.690. The number of carbonyl (C=O) groups excluding carboxylic acids is 1. The first-order chi connectivity index (χ1) is 9.56. The molecule has 4 nitrogen and oxygen atoms in total.